The average molecular weight is 396 g/mol. The molecule has 2 aliphatic heterocycles. The van der Waals surface area contributed by atoms with E-state index in [0.29, 0.717) is 12.1 Å². The smallest absolute Gasteiger partial charge is 0.254 e. The van der Waals surface area contributed by atoms with Crippen molar-refractivity contribution < 1.29 is 9.59 Å². The van der Waals surface area contributed by atoms with Crippen LogP contribution in [0.5, 0.6) is 0 Å². The van der Waals surface area contributed by atoms with Gasteiger partial charge in [-0.2, -0.15) is 0 Å². The maximum Gasteiger partial charge on any atom is 0.254 e. The summed E-state index contributed by atoms with van der Waals surface area (Å²) >= 11 is 0. The number of amides is 2. The van der Waals surface area contributed by atoms with Gasteiger partial charge in [0.15, 0.2) is 0 Å². The minimum Gasteiger partial charge on any atom is -0.330 e. The van der Waals surface area contributed by atoms with E-state index in [0.717, 1.165) is 35.2 Å². The summed E-state index contributed by atoms with van der Waals surface area (Å²) in [5.41, 5.74) is 5.69. The summed E-state index contributed by atoms with van der Waals surface area (Å²) < 4.78 is 0. The molecule has 2 atom stereocenters. The molecule has 2 aliphatic rings. The molecule has 1 N–H and O–H groups in total. The van der Waals surface area contributed by atoms with E-state index in [-0.39, 0.29) is 17.9 Å². The molecule has 0 bridgehead atoms. The Morgan fingerprint density at radius 2 is 1.67 bits per heavy atom. The highest BCUT2D eigenvalue weighted by molar-refractivity contribution is 6.04. The molecular weight excluding hydrogens is 372 g/mol. The Balaban J connectivity index is 1.63. The summed E-state index contributed by atoms with van der Waals surface area (Å²) in [5, 5.41) is 3.17. The summed E-state index contributed by atoms with van der Waals surface area (Å²) in [4.78, 5) is 28.9. The first-order valence-electron chi connectivity index (χ1n) is 10.6. The van der Waals surface area contributed by atoms with Crippen molar-refractivity contribution in [3.05, 3.63) is 101 Å². The Labute approximate surface area is 176 Å². The van der Waals surface area contributed by atoms with Crippen molar-refractivity contribution >= 4 is 17.5 Å². The number of fused-ring (bicyclic) bond motifs is 4. The predicted molar refractivity (Wildman–Crippen MR) is 118 cm³/mol. The Hall–Kier alpha value is -3.40. The fourth-order valence-electron chi connectivity index (χ4n) is 4.92. The number of carbonyl (C=O) groups excluding carboxylic acids is 2. The van der Waals surface area contributed by atoms with Gasteiger partial charge in [0, 0.05) is 17.8 Å². The number of anilines is 1. The maximum atomic E-state index is 13.7. The highest BCUT2D eigenvalue weighted by Gasteiger charge is 2.46. The standard InChI is InChI=1S/C26H24N2O2/c1-2-17-9-4-8-14-22(17)27-25(29)23-20-12-6-7-13-21(20)26(30)28-16-15-18-10-3-5-11-19(18)24(23)28/h3-14,23-24H,2,15-16H2,1H3,(H,27,29)/t23-,24-/m1/s1. The van der Waals surface area contributed by atoms with Crippen LogP contribution in [0.3, 0.4) is 0 Å². The molecule has 2 amide bonds. The highest BCUT2D eigenvalue weighted by atomic mass is 16.2. The van der Waals surface area contributed by atoms with E-state index in [1.54, 1.807) is 0 Å². The van der Waals surface area contributed by atoms with Crippen LogP contribution in [-0.2, 0) is 17.6 Å². The molecule has 0 fully saturated rings. The number of aryl methyl sites for hydroxylation is 1. The number of rotatable bonds is 3. The van der Waals surface area contributed by atoms with Crippen LogP contribution in [0, 0.1) is 0 Å². The van der Waals surface area contributed by atoms with E-state index >= 15 is 0 Å². The molecule has 0 saturated carbocycles. The minimum atomic E-state index is -0.453. The number of nitrogens with one attached hydrogen (secondary N) is 1. The number of carbonyl (C=O) groups is 2. The van der Waals surface area contributed by atoms with Gasteiger partial charge in [-0.3, -0.25) is 9.59 Å². The third-order valence-electron chi connectivity index (χ3n) is 6.37. The normalized spacial score (nSPS) is 19.5. The van der Waals surface area contributed by atoms with Crippen molar-refractivity contribution in [1.29, 1.82) is 0 Å². The van der Waals surface area contributed by atoms with Gasteiger partial charge in [0.25, 0.3) is 5.91 Å². The zero-order valence-corrected chi connectivity index (χ0v) is 17.0. The van der Waals surface area contributed by atoms with Gasteiger partial charge >= 0.3 is 0 Å². The van der Waals surface area contributed by atoms with Crippen LogP contribution >= 0.6 is 0 Å². The molecule has 30 heavy (non-hydrogen) atoms. The third kappa shape index (κ3) is 2.91. The number of nitrogens with zero attached hydrogens (tertiary/aromatic N) is 1. The quantitative estimate of drug-likeness (QED) is 0.696. The van der Waals surface area contributed by atoms with Gasteiger partial charge in [0.2, 0.25) is 5.91 Å². The molecule has 0 spiro atoms. The van der Waals surface area contributed by atoms with Crippen LogP contribution in [0.15, 0.2) is 72.8 Å². The van der Waals surface area contributed by atoms with Gasteiger partial charge in [0.05, 0.1) is 12.0 Å². The van der Waals surface area contributed by atoms with E-state index in [4.69, 9.17) is 0 Å². The monoisotopic (exact) mass is 396 g/mol. The lowest BCUT2D eigenvalue weighted by Gasteiger charge is -2.45. The van der Waals surface area contributed by atoms with Gasteiger partial charge in [-0.15, -0.1) is 0 Å². The summed E-state index contributed by atoms with van der Waals surface area (Å²) in [6, 6.07) is 23.4. The summed E-state index contributed by atoms with van der Waals surface area (Å²) in [5.74, 6) is -0.504. The molecule has 3 aromatic carbocycles. The Morgan fingerprint density at radius 3 is 2.50 bits per heavy atom. The summed E-state index contributed by atoms with van der Waals surface area (Å²) in [6.07, 6.45) is 1.65. The first kappa shape index (κ1) is 18.6. The molecule has 0 radical (unpaired) electrons. The van der Waals surface area contributed by atoms with E-state index in [1.165, 1.54) is 5.56 Å². The second kappa shape index (κ2) is 7.45. The predicted octanol–water partition coefficient (Wildman–Crippen LogP) is 4.72. The maximum absolute atomic E-state index is 13.7. The number of hydrogen-bond acceptors (Lipinski definition) is 2. The second-order valence-corrected chi connectivity index (χ2v) is 7.96. The molecule has 0 aliphatic carbocycles. The molecular formula is C26H24N2O2. The zero-order chi connectivity index (χ0) is 20.7. The van der Waals surface area contributed by atoms with Crippen molar-refractivity contribution in [2.45, 2.75) is 31.7 Å². The second-order valence-electron chi connectivity index (χ2n) is 7.96. The van der Waals surface area contributed by atoms with E-state index < -0.39 is 5.92 Å². The van der Waals surface area contributed by atoms with Crippen LogP contribution in [0.4, 0.5) is 5.69 Å². The zero-order valence-electron chi connectivity index (χ0n) is 17.0. The SMILES string of the molecule is CCc1ccccc1NC(=O)[C@@H]1c2ccccc2C(=O)N2CCc3ccccc3[C@H]12. The average Bonchev–Trinajstić information content (AvgIpc) is 2.79. The van der Waals surface area contributed by atoms with Crippen molar-refractivity contribution in [2.75, 3.05) is 11.9 Å². The van der Waals surface area contributed by atoms with Gasteiger partial charge in [-0.1, -0.05) is 67.6 Å². The fourth-order valence-corrected chi connectivity index (χ4v) is 4.92. The molecule has 0 unspecified atom stereocenters. The Morgan fingerprint density at radius 1 is 0.967 bits per heavy atom. The summed E-state index contributed by atoms with van der Waals surface area (Å²) in [6.45, 7) is 2.71. The van der Waals surface area contributed by atoms with Gasteiger partial charge in [-0.05, 0) is 47.2 Å². The molecule has 5 rings (SSSR count). The van der Waals surface area contributed by atoms with Crippen LogP contribution in [-0.4, -0.2) is 23.3 Å². The number of hydrogen-bond donors (Lipinski definition) is 1. The van der Waals surface area contributed by atoms with E-state index in [1.807, 2.05) is 65.6 Å². The van der Waals surface area contributed by atoms with Crippen molar-refractivity contribution in [2.24, 2.45) is 0 Å². The van der Waals surface area contributed by atoms with Crippen molar-refractivity contribution in [3.8, 4) is 0 Å². The van der Waals surface area contributed by atoms with Crippen LogP contribution in [0.25, 0.3) is 0 Å². The fraction of sp³-hybridized carbons (Fsp3) is 0.231. The number of benzene rings is 3. The van der Waals surface area contributed by atoms with Crippen LogP contribution in [0.1, 0.15) is 51.5 Å². The van der Waals surface area contributed by atoms with E-state index in [2.05, 4.69) is 24.4 Å². The topological polar surface area (TPSA) is 49.4 Å². The van der Waals surface area contributed by atoms with Crippen LogP contribution in [0.2, 0.25) is 0 Å². The molecule has 150 valence electrons. The van der Waals surface area contributed by atoms with Gasteiger partial charge in [0.1, 0.15) is 0 Å². The molecule has 4 nitrogen and oxygen atoms in total. The molecule has 2 heterocycles. The highest BCUT2D eigenvalue weighted by Crippen LogP contribution is 2.46. The molecule has 0 aromatic heterocycles. The van der Waals surface area contributed by atoms with Gasteiger partial charge < -0.3 is 10.2 Å². The lowest BCUT2D eigenvalue weighted by atomic mass is 9.76. The van der Waals surface area contributed by atoms with E-state index in [9.17, 15) is 9.59 Å². The first-order valence-corrected chi connectivity index (χ1v) is 10.6. The lowest BCUT2D eigenvalue weighted by Crippen LogP contribution is -2.49. The molecule has 4 heteroatoms. The Kier molecular flexibility index (Phi) is 4.62. The number of para-hydroxylation sites is 1. The van der Waals surface area contributed by atoms with Crippen molar-refractivity contribution in [3.63, 3.8) is 0 Å². The van der Waals surface area contributed by atoms with Crippen molar-refractivity contribution in [1.82, 2.24) is 4.90 Å². The third-order valence-corrected chi connectivity index (χ3v) is 6.37. The lowest BCUT2D eigenvalue weighted by molar-refractivity contribution is -0.119. The van der Waals surface area contributed by atoms with Crippen LogP contribution < -0.4 is 5.32 Å². The first-order chi connectivity index (χ1) is 14.7. The summed E-state index contributed by atoms with van der Waals surface area (Å²) in [7, 11) is 0. The Bertz CT molecular complexity index is 1140. The minimum absolute atomic E-state index is 0.0168. The largest absolute Gasteiger partial charge is 0.330 e. The molecule has 3 aromatic rings. The molecule has 0 saturated heterocycles. The van der Waals surface area contributed by atoms with Gasteiger partial charge in [-0.25, -0.2) is 0 Å².